The molecule has 0 unspecified atom stereocenters. The molecule has 1 aromatic carbocycles. The maximum Gasteiger partial charge on any atom is 0.150 e. The van der Waals surface area contributed by atoms with Crippen molar-refractivity contribution in [2.75, 3.05) is 22.6 Å². The molecular formula is C14H16BrN3O2S. The van der Waals surface area contributed by atoms with E-state index < -0.39 is 9.84 Å². The van der Waals surface area contributed by atoms with Crippen LogP contribution in [0.25, 0.3) is 10.9 Å². The molecule has 0 radical (unpaired) electrons. The molecule has 0 spiro atoms. The van der Waals surface area contributed by atoms with Gasteiger partial charge in [-0.05, 0) is 47.0 Å². The average Bonchev–Trinajstić information content (AvgIpc) is 2.44. The molecule has 3 rings (SSSR count). The lowest BCUT2D eigenvalue weighted by molar-refractivity contribution is 0.560. The first-order valence-corrected chi connectivity index (χ1v) is 9.37. The van der Waals surface area contributed by atoms with E-state index in [-0.39, 0.29) is 17.5 Å². The maximum atomic E-state index is 11.5. The molecular weight excluding hydrogens is 354 g/mol. The molecule has 5 nitrogen and oxygen atoms in total. The van der Waals surface area contributed by atoms with Crippen molar-refractivity contribution in [3.8, 4) is 0 Å². The molecule has 0 amide bonds. The van der Waals surface area contributed by atoms with E-state index >= 15 is 0 Å². The third kappa shape index (κ3) is 3.13. The lowest BCUT2D eigenvalue weighted by Crippen LogP contribution is -2.32. The molecule has 0 bridgehead atoms. The van der Waals surface area contributed by atoms with Crippen LogP contribution < -0.4 is 11.1 Å². The Bertz CT molecular complexity index is 778. The average molecular weight is 370 g/mol. The number of pyridine rings is 1. The highest BCUT2D eigenvalue weighted by Gasteiger charge is 2.23. The lowest BCUT2D eigenvalue weighted by atomic mass is 10.1. The number of aromatic nitrogens is 1. The van der Waals surface area contributed by atoms with E-state index in [4.69, 9.17) is 5.73 Å². The van der Waals surface area contributed by atoms with Crippen LogP contribution in [0.3, 0.4) is 0 Å². The van der Waals surface area contributed by atoms with Crippen molar-refractivity contribution in [1.29, 1.82) is 0 Å². The quantitative estimate of drug-likeness (QED) is 0.794. The largest absolute Gasteiger partial charge is 0.398 e. The third-order valence-corrected chi connectivity index (χ3v) is 5.91. The number of nitrogens with two attached hydrogens (primary N) is 1. The van der Waals surface area contributed by atoms with Crippen molar-refractivity contribution in [3.05, 3.63) is 28.9 Å². The van der Waals surface area contributed by atoms with E-state index in [1.807, 2.05) is 18.2 Å². The van der Waals surface area contributed by atoms with E-state index in [1.54, 1.807) is 6.20 Å². The van der Waals surface area contributed by atoms with Gasteiger partial charge >= 0.3 is 0 Å². The van der Waals surface area contributed by atoms with Crippen LogP contribution in [-0.4, -0.2) is 30.9 Å². The van der Waals surface area contributed by atoms with Crippen LogP contribution in [0.4, 0.5) is 11.4 Å². The fraction of sp³-hybridized carbons (Fsp3) is 0.357. The Morgan fingerprint density at radius 3 is 2.71 bits per heavy atom. The minimum absolute atomic E-state index is 0.158. The minimum atomic E-state index is -2.84. The van der Waals surface area contributed by atoms with Crippen LogP contribution in [0.15, 0.2) is 28.9 Å². The topological polar surface area (TPSA) is 85.1 Å². The number of nitrogens with one attached hydrogen (secondary N) is 1. The first-order valence-electron chi connectivity index (χ1n) is 6.75. The number of rotatable bonds is 2. The van der Waals surface area contributed by atoms with Gasteiger partial charge in [0.1, 0.15) is 9.84 Å². The van der Waals surface area contributed by atoms with Gasteiger partial charge in [0.25, 0.3) is 0 Å². The van der Waals surface area contributed by atoms with Gasteiger partial charge in [-0.1, -0.05) is 0 Å². The summed E-state index contributed by atoms with van der Waals surface area (Å²) < 4.78 is 23.8. The summed E-state index contributed by atoms with van der Waals surface area (Å²) >= 11 is 3.40. The number of sulfone groups is 1. The summed E-state index contributed by atoms with van der Waals surface area (Å²) in [5, 5.41) is 4.30. The number of nitrogens with zero attached hydrogens (tertiary/aromatic N) is 1. The Balaban J connectivity index is 1.90. The van der Waals surface area contributed by atoms with Gasteiger partial charge in [-0.3, -0.25) is 4.98 Å². The van der Waals surface area contributed by atoms with Gasteiger partial charge in [-0.15, -0.1) is 0 Å². The maximum absolute atomic E-state index is 11.5. The highest BCUT2D eigenvalue weighted by atomic mass is 79.9. The van der Waals surface area contributed by atoms with Crippen LogP contribution in [0.1, 0.15) is 12.8 Å². The third-order valence-electron chi connectivity index (χ3n) is 3.76. The Labute approximate surface area is 132 Å². The van der Waals surface area contributed by atoms with Gasteiger partial charge in [0.05, 0.1) is 22.7 Å². The Morgan fingerprint density at radius 1 is 1.29 bits per heavy atom. The van der Waals surface area contributed by atoms with Gasteiger partial charge in [0, 0.05) is 27.8 Å². The van der Waals surface area contributed by atoms with Crippen molar-refractivity contribution >= 4 is 48.0 Å². The molecule has 0 aliphatic carbocycles. The molecule has 3 N–H and O–H groups in total. The van der Waals surface area contributed by atoms with Gasteiger partial charge < -0.3 is 11.1 Å². The second-order valence-electron chi connectivity index (χ2n) is 5.32. The smallest absolute Gasteiger partial charge is 0.150 e. The van der Waals surface area contributed by atoms with Crippen molar-refractivity contribution in [1.82, 2.24) is 4.98 Å². The zero-order valence-electron chi connectivity index (χ0n) is 11.3. The summed E-state index contributed by atoms with van der Waals surface area (Å²) in [7, 11) is -2.84. The molecule has 1 aliphatic heterocycles. The van der Waals surface area contributed by atoms with Crippen LogP contribution in [0, 0.1) is 0 Å². The number of anilines is 2. The molecule has 0 atom stereocenters. The molecule has 7 heteroatoms. The zero-order chi connectivity index (χ0) is 15.0. The minimum Gasteiger partial charge on any atom is -0.398 e. The summed E-state index contributed by atoms with van der Waals surface area (Å²) in [6.07, 6.45) is 2.99. The summed E-state index contributed by atoms with van der Waals surface area (Å²) in [6, 6.07) is 5.85. The molecule has 1 saturated heterocycles. The molecule has 21 heavy (non-hydrogen) atoms. The van der Waals surface area contributed by atoms with Crippen molar-refractivity contribution in [2.24, 2.45) is 0 Å². The number of hydrogen-bond acceptors (Lipinski definition) is 5. The number of halogens is 1. The Morgan fingerprint density at radius 2 is 2.00 bits per heavy atom. The number of hydrogen-bond donors (Lipinski definition) is 2. The van der Waals surface area contributed by atoms with Crippen molar-refractivity contribution in [2.45, 2.75) is 18.9 Å². The summed E-state index contributed by atoms with van der Waals surface area (Å²) in [5.74, 6) is 0.493. The molecule has 112 valence electrons. The van der Waals surface area contributed by atoms with Gasteiger partial charge in [-0.2, -0.15) is 0 Å². The van der Waals surface area contributed by atoms with E-state index in [2.05, 4.69) is 26.2 Å². The fourth-order valence-corrected chi connectivity index (χ4v) is 4.41. The number of benzene rings is 1. The highest BCUT2D eigenvalue weighted by Crippen LogP contribution is 2.30. The molecule has 1 fully saturated rings. The molecule has 2 aromatic rings. The van der Waals surface area contributed by atoms with Crippen LogP contribution >= 0.6 is 15.9 Å². The van der Waals surface area contributed by atoms with Crippen LogP contribution in [0.2, 0.25) is 0 Å². The number of fused-ring (bicyclic) bond motifs is 1. The van der Waals surface area contributed by atoms with Crippen LogP contribution in [-0.2, 0) is 9.84 Å². The van der Waals surface area contributed by atoms with E-state index in [0.717, 1.165) is 21.1 Å². The zero-order valence-corrected chi connectivity index (χ0v) is 13.7. The second-order valence-corrected chi connectivity index (χ2v) is 8.54. The Hall–Kier alpha value is -1.34. The van der Waals surface area contributed by atoms with Crippen molar-refractivity contribution < 1.29 is 8.42 Å². The summed E-state index contributed by atoms with van der Waals surface area (Å²) in [4.78, 5) is 4.43. The molecule has 1 aliphatic rings. The summed E-state index contributed by atoms with van der Waals surface area (Å²) in [5.41, 5.74) is 8.38. The monoisotopic (exact) mass is 369 g/mol. The Kier molecular flexibility index (Phi) is 3.79. The summed E-state index contributed by atoms with van der Waals surface area (Å²) in [6.45, 7) is 0. The predicted molar refractivity (Wildman–Crippen MR) is 89.2 cm³/mol. The molecule has 0 saturated carbocycles. The molecule has 2 heterocycles. The van der Waals surface area contributed by atoms with Crippen LogP contribution in [0.5, 0.6) is 0 Å². The normalized spacial score (nSPS) is 18.7. The highest BCUT2D eigenvalue weighted by molar-refractivity contribution is 9.10. The predicted octanol–water partition coefficient (Wildman–Crippen LogP) is 2.57. The lowest BCUT2D eigenvalue weighted by Gasteiger charge is -2.24. The standard InChI is InChI=1S/C14H16BrN3O2S/c15-9-7-11-12(16)1-2-13(14(11)17-8-9)18-10-3-5-21(19,20)6-4-10/h1-2,7-8,10,18H,3-6,16H2. The fourth-order valence-electron chi connectivity index (χ4n) is 2.59. The van der Waals surface area contributed by atoms with E-state index in [1.165, 1.54) is 0 Å². The van der Waals surface area contributed by atoms with E-state index in [9.17, 15) is 8.42 Å². The van der Waals surface area contributed by atoms with E-state index in [0.29, 0.717) is 18.5 Å². The second kappa shape index (κ2) is 5.46. The van der Waals surface area contributed by atoms with Gasteiger partial charge in [0.2, 0.25) is 0 Å². The first kappa shape index (κ1) is 14.6. The first-order chi connectivity index (χ1) is 9.94. The molecule has 1 aromatic heterocycles. The SMILES string of the molecule is Nc1ccc(NC2CCS(=O)(=O)CC2)c2ncc(Br)cc12. The van der Waals surface area contributed by atoms with Crippen molar-refractivity contribution in [3.63, 3.8) is 0 Å². The van der Waals surface area contributed by atoms with Gasteiger partial charge in [0.15, 0.2) is 0 Å². The van der Waals surface area contributed by atoms with Gasteiger partial charge in [-0.25, -0.2) is 8.42 Å². The number of nitrogen functional groups attached to an aromatic ring is 1.